The molecule has 0 saturated carbocycles. The largest absolute Gasteiger partial charge is 0.492 e. The average molecular weight is 358 g/mol. The van der Waals surface area contributed by atoms with Crippen LogP contribution in [0.25, 0.3) is 17.1 Å². The first-order chi connectivity index (χ1) is 12.1. The Bertz CT molecular complexity index is 860. The van der Waals surface area contributed by atoms with E-state index in [1.807, 2.05) is 33.8 Å². The minimum atomic E-state index is -0.615. The van der Waals surface area contributed by atoms with E-state index in [2.05, 4.69) is 25.5 Å². The molecular weight excluding hydrogens is 335 g/mol. The van der Waals surface area contributed by atoms with E-state index in [1.165, 1.54) is 13.3 Å². The number of amides is 1. The van der Waals surface area contributed by atoms with Crippen molar-refractivity contribution in [2.24, 2.45) is 0 Å². The van der Waals surface area contributed by atoms with Crippen LogP contribution in [0.1, 0.15) is 40.3 Å². The van der Waals surface area contributed by atoms with Crippen molar-refractivity contribution in [2.75, 3.05) is 12.3 Å². The highest BCUT2D eigenvalue weighted by Gasteiger charge is 2.52. The third kappa shape index (κ3) is 3.29. The van der Waals surface area contributed by atoms with Crippen LogP contribution in [0.15, 0.2) is 11.8 Å². The molecule has 1 fully saturated rings. The third-order valence-corrected chi connectivity index (χ3v) is 4.84. The summed E-state index contributed by atoms with van der Waals surface area (Å²) in [6, 6.07) is 0. The molecule has 26 heavy (non-hydrogen) atoms. The van der Waals surface area contributed by atoms with Crippen molar-refractivity contribution < 1.29 is 14.1 Å². The monoisotopic (exact) mass is 358 g/mol. The molecule has 0 unspecified atom stereocenters. The Morgan fingerprint density at radius 3 is 2.58 bits per heavy atom. The van der Waals surface area contributed by atoms with Crippen LogP contribution in [0.5, 0.6) is 0 Å². The molecular formula is C16H23BN6O3. The molecule has 0 atom stereocenters. The van der Waals surface area contributed by atoms with Crippen molar-refractivity contribution in [3.8, 4) is 0 Å². The van der Waals surface area contributed by atoms with Gasteiger partial charge in [-0.3, -0.25) is 9.89 Å². The minimum absolute atomic E-state index is 0.148. The smallest absolute Gasteiger partial charge is 0.400 e. The Morgan fingerprint density at radius 1 is 1.31 bits per heavy atom. The number of carbonyl (C=O) groups is 1. The van der Waals surface area contributed by atoms with Gasteiger partial charge in [-0.1, -0.05) is 0 Å². The molecule has 138 valence electrons. The number of carbonyl (C=O) groups excluding carboxylic acids is 1. The molecule has 10 heteroatoms. The maximum atomic E-state index is 11.4. The van der Waals surface area contributed by atoms with Gasteiger partial charge in [-0.2, -0.15) is 5.10 Å². The number of nitrogens with two attached hydrogens (primary N) is 1. The molecule has 1 aliphatic rings. The Labute approximate surface area is 151 Å². The molecule has 2 aromatic heterocycles. The van der Waals surface area contributed by atoms with Crippen LogP contribution in [0, 0.1) is 0 Å². The minimum Gasteiger partial charge on any atom is -0.400 e. The quantitative estimate of drug-likeness (QED) is 0.698. The average Bonchev–Trinajstić information content (AvgIpc) is 3.03. The predicted molar refractivity (Wildman–Crippen MR) is 98.8 cm³/mol. The maximum Gasteiger partial charge on any atom is 0.492 e. The SMILES string of the molecule is CC(=O)NCC(=Cc1[nH]nc2ncnc(N)c12)B1OC(C)(C)C(C)(C)O1. The summed E-state index contributed by atoms with van der Waals surface area (Å²) < 4.78 is 12.2. The van der Waals surface area contributed by atoms with Gasteiger partial charge in [0.25, 0.3) is 0 Å². The zero-order chi connectivity index (χ0) is 19.1. The highest BCUT2D eigenvalue weighted by atomic mass is 16.7. The summed E-state index contributed by atoms with van der Waals surface area (Å²) in [5.74, 6) is 0.174. The first-order valence-corrected chi connectivity index (χ1v) is 8.36. The molecule has 0 aromatic carbocycles. The second kappa shape index (κ2) is 6.37. The molecule has 0 radical (unpaired) electrons. The van der Waals surface area contributed by atoms with Gasteiger partial charge in [0.2, 0.25) is 5.91 Å². The van der Waals surface area contributed by atoms with Crippen molar-refractivity contribution in [2.45, 2.75) is 45.8 Å². The van der Waals surface area contributed by atoms with E-state index in [0.717, 1.165) is 5.47 Å². The molecule has 0 bridgehead atoms. The van der Waals surface area contributed by atoms with Gasteiger partial charge in [0.05, 0.1) is 22.3 Å². The number of nitrogens with one attached hydrogen (secondary N) is 2. The van der Waals surface area contributed by atoms with E-state index in [0.29, 0.717) is 22.5 Å². The van der Waals surface area contributed by atoms with Gasteiger partial charge in [0, 0.05) is 13.5 Å². The number of H-pyrrole nitrogens is 1. The van der Waals surface area contributed by atoms with Crippen LogP contribution < -0.4 is 11.1 Å². The Morgan fingerprint density at radius 2 is 1.96 bits per heavy atom. The van der Waals surface area contributed by atoms with Crippen LogP contribution in [0.3, 0.4) is 0 Å². The summed E-state index contributed by atoms with van der Waals surface area (Å²) in [6.07, 6.45) is 3.17. The first kappa shape index (κ1) is 18.3. The molecule has 1 amide bonds. The lowest BCUT2D eigenvalue weighted by atomic mass is 9.77. The van der Waals surface area contributed by atoms with Crippen molar-refractivity contribution in [3.63, 3.8) is 0 Å². The Kier molecular flexibility index (Phi) is 4.49. The molecule has 3 heterocycles. The lowest BCUT2D eigenvalue weighted by Gasteiger charge is -2.32. The van der Waals surface area contributed by atoms with Gasteiger partial charge < -0.3 is 20.4 Å². The topological polar surface area (TPSA) is 128 Å². The number of aromatic amines is 1. The first-order valence-electron chi connectivity index (χ1n) is 8.36. The number of rotatable bonds is 4. The highest BCUT2D eigenvalue weighted by Crippen LogP contribution is 2.39. The molecule has 1 aliphatic heterocycles. The Balaban J connectivity index is 2.01. The fraction of sp³-hybridized carbons (Fsp3) is 0.500. The van der Waals surface area contributed by atoms with Gasteiger partial charge in [-0.05, 0) is 39.2 Å². The number of aromatic nitrogens is 4. The molecule has 4 N–H and O–H groups in total. The summed E-state index contributed by atoms with van der Waals surface area (Å²) in [5.41, 5.74) is 6.81. The number of fused-ring (bicyclic) bond motifs is 1. The molecule has 1 saturated heterocycles. The summed E-state index contributed by atoms with van der Waals surface area (Å²) in [6.45, 7) is 9.61. The van der Waals surface area contributed by atoms with E-state index in [9.17, 15) is 4.79 Å². The van der Waals surface area contributed by atoms with Crippen LogP contribution in [0.4, 0.5) is 5.82 Å². The highest BCUT2D eigenvalue weighted by molar-refractivity contribution is 6.56. The normalized spacial score (nSPS) is 19.1. The van der Waals surface area contributed by atoms with Gasteiger partial charge >= 0.3 is 7.12 Å². The lowest BCUT2D eigenvalue weighted by Crippen LogP contribution is -2.41. The van der Waals surface area contributed by atoms with Crippen LogP contribution in [0.2, 0.25) is 0 Å². The second-order valence-electron chi connectivity index (χ2n) is 7.31. The third-order valence-electron chi connectivity index (χ3n) is 4.84. The molecule has 0 spiro atoms. The lowest BCUT2D eigenvalue weighted by molar-refractivity contribution is -0.118. The number of nitrogen functional groups attached to an aromatic ring is 1. The molecule has 3 rings (SSSR count). The van der Waals surface area contributed by atoms with Gasteiger partial charge in [0.15, 0.2) is 5.65 Å². The second-order valence-corrected chi connectivity index (χ2v) is 7.31. The van der Waals surface area contributed by atoms with E-state index < -0.39 is 18.3 Å². The van der Waals surface area contributed by atoms with Crippen molar-refractivity contribution >= 4 is 36.0 Å². The maximum absolute atomic E-state index is 11.4. The fourth-order valence-electron chi connectivity index (χ4n) is 2.61. The Hall–Kier alpha value is -2.46. The standard InChI is InChI=1S/C16H23BN6O3/c1-9(24)19-7-10(17-25-15(2,3)16(4,5)26-17)6-11-12-13(18)20-8-21-14(12)23-22-11/h6,8H,7H2,1-5H3,(H,19,24)(H3,18,20,21,22,23). The fourth-order valence-corrected chi connectivity index (χ4v) is 2.61. The number of nitrogens with zero attached hydrogens (tertiary/aromatic N) is 3. The zero-order valence-corrected chi connectivity index (χ0v) is 15.6. The molecule has 2 aromatic rings. The number of hydrogen-bond acceptors (Lipinski definition) is 7. The number of anilines is 1. The van der Waals surface area contributed by atoms with E-state index in [-0.39, 0.29) is 12.5 Å². The van der Waals surface area contributed by atoms with Gasteiger partial charge in [-0.25, -0.2) is 9.97 Å². The van der Waals surface area contributed by atoms with Gasteiger partial charge in [-0.15, -0.1) is 0 Å². The summed E-state index contributed by atoms with van der Waals surface area (Å²) >= 11 is 0. The van der Waals surface area contributed by atoms with Crippen molar-refractivity contribution in [3.05, 3.63) is 17.5 Å². The summed E-state index contributed by atoms with van der Waals surface area (Å²) in [5, 5.41) is 10.5. The summed E-state index contributed by atoms with van der Waals surface area (Å²) in [7, 11) is -0.615. The van der Waals surface area contributed by atoms with Crippen LogP contribution in [-0.4, -0.2) is 50.9 Å². The van der Waals surface area contributed by atoms with Crippen molar-refractivity contribution in [1.82, 2.24) is 25.5 Å². The van der Waals surface area contributed by atoms with E-state index >= 15 is 0 Å². The van der Waals surface area contributed by atoms with Gasteiger partial charge in [0.1, 0.15) is 12.1 Å². The van der Waals surface area contributed by atoms with E-state index in [1.54, 1.807) is 0 Å². The molecule has 0 aliphatic carbocycles. The zero-order valence-electron chi connectivity index (χ0n) is 15.6. The van der Waals surface area contributed by atoms with Crippen LogP contribution in [-0.2, 0) is 14.1 Å². The number of hydrogen-bond donors (Lipinski definition) is 3. The summed E-state index contributed by atoms with van der Waals surface area (Å²) in [4.78, 5) is 19.5. The van der Waals surface area contributed by atoms with E-state index in [4.69, 9.17) is 15.0 Å². The van der Waals surface area contributed by atoms with Crippen molar-refractivity contribution in [1.29, 1.82) is 0 Å². The van der Waals surface area contributed by atoms with Crippen LogP contribution >= 0.6 is 0 Å². The predicted octanol–water partition coefficient (Wildman–Crippen LogP) is 1.09. The molecule has 9 nitrogen and oxygen atoms in total.